The maximum absolute atomic E-state index is 5.81. The Kier molecular flexibility index (Phi) is 4.06. The Morgan fingerprint density at radius 3 is 2.85 bits per heavy atom. The average molecular weight is 344 g/mol. The number of halogens is 1. The molecular formula is C11H10ClN5S3. The highest BCUT2D eigenvalue weighted by molar-refractivity contribution is 8.00. The molecule has 0 radical (unpaired) electrons. The Morgan fingerprint density at radius 2 is 2.20 bits per heavy atom. The van der Waals surface area contributed by atoms with Crippen LogP contribution in [0.15, 0.2) is 16.7 Å². The second-order valence-corrected chi connectivity index (χ2v) is 7.94. The van der Waals surface area contributed by atoms with Crippen LogP contribution in [0.3, 0.4) is 0 Å². The number of thiazole rings is 1. The van der Waals surface area contributed by atoms with Gasteiger partial charge in [-0.05, 0) is 6.92 Å². The summed E-state index contributed by atoms with van der Waals surface area (Å²) in [6.07, 6.45) is 3.76. The van der Waals surface area contributed by atoms with Crippen molar-refractivity contribution >= 4 is 46.0 Å². The first-order valence-corrected chi connectivity index (χ1v) is 8.68. The van der Waals surface area contributed by atoms with Crippen LogP contribution in [0.1, 0.15) is 10.6 Å². The molecule has 5 nitrogen and oxygen atoms in total. The normalized spacial score (nSPS) is 11.2. The van der Waals surface area contributed by atoms with E-state index in [1.807, 2.05) is 20.2 Å². The van der Waals surface area contributed by atoms with Gasteiger partial charge in [-0.15, -0.1) is 21.5 Å². The molecule has 3 aromatic rings. The lowest BCUT2D eigenvalue weighted by atomic mass is 10.3. The van der Waals surface area contributed by atoms with E-state index in [0.29, 0.717) is 4.47 Å². The minimum Gasteiger partial charge on any atom is -0.275 e. The summed E-state index contributed by atoms with van der Waals surface area (Å²) < 4.78 is 3.30. The highest BCUT2D eigenvalue weighted by Crippen LogP contribution is 2.33. The van der Waals surface area contributed by atoms with Crippen molar-refractivity contribution in [2.24, 2.45) is 7.05 Å². The fourth-order valence-electron chi connectivity index (χ4n) is 1.67. The molecule has 0 aliphatic rings. The number of hydrogen-bond acceptors (Lipinski definition) is 7. The molecule has 0 N–H and O–H groups in total. The third-order valence-corrected chi connectivity index (χ3v) is 5.95. The summed E-state index contributed by atoms with van der Waals surface area (Å²) in [6.45, 7) is 1.98. The van der Waals surface area contributed by atoms with Gasteiger partial charge >= 0.3 is 0 Å². The molecule has 3 aromatic heterocycles. The number of thioether (sulfide) groups is 1. The van der Waals surface area contributed by atoms with E-state index in [-0.39, 0.29) is 0 Å². The van der Waals surface area contributed by atoms with Crippen molar-refractivity contribution in [1.29, 1.82) is 0 Å². The molecule has 3 rings (SSSR count). The van der Waals surface area contributed by atoms with E-state index in [2.05, 4.69) is 20.3 Å². The quantitative estimate of drug-likeness (QED) is 0.677. The van der Waals surface area contributed by atoms with Gasteiger partial charge in [0.15, 0.2) is 13.8 Å². The number of rotatable bonds is 4. The second-order valence-electron chi connectivity index (χ2n) is 4.04. The molecule has 0 spiro atoms. The molecule has 0 aliphatic heterocycles. The van der Waals surface area contributed by atoms with Crippen LogP contribution in [-0.4, -0.2) is 25.0 Å². The molecule has 0 bridgehead atoms. The number of nitrogens with zero attached hydrogens (tertiary/aromatic N) is 5. The molecule has 0 amide bonds. The molecule has 0 aliphatic carbocycles. The van der Waals surface area contributed by atoms with Crippen molar-refractivity contribution in [1.82, 2.24) is 25.0 Å². The van der Waals surface area contributed by atoms with Crippen molar-refractivity contribution in [3.05, 3.63) is 27.4 Å². The molecule has 9 heteroatoms. The van der Waals surface area contributed by atoms with Gasteiger partial charge in [0.2, 0.25) is 0 Å². The second kappa shape index (κ2) is 5.80. The van der Waals surface area contributed by atoms with Gasteiger partial charge in [0.05, 0.1) is 11.3 Å². The SMILES string of the molecule is Cc1nn(C)cc1-c1nnc(SCc2cnc(Cl)s2)s1. The zero-order valence-corrected chi connectivity index (χ0v) is 13.9. The highest BCUT2D eigenvalue weighted by atomic mass is 35.5. The predicted molar refractivity (Wildman–Crippen MR) is 83.5 cm³/mol. The van der Waals surface area contributed by atoms with Gasteiger partial charge in [-0.1, -0.05) is 34.7 Å². The summed E-state index contributed by atoms with van der Waals surface area (Å²) in [5.74, 6) is 0.811. The van der Waals surface area contributed by atoms with Gasteiger partial charge in [0.1, 0.15) is 0 Å². The number of aromatic nitrogens is 5. The fraction of sp³-hybridized carbons (Fsp3) is 0.273. The van der Waals surface area contributed by atoms with Gasteiger partial charge in [-0.3, -0.25) is 4.68 Å². The molecule has 3 heterocycles. The van der Waals surface area contributed by atoms with E-state index in [1.54, 1.807) is 34.0 Å². The van der Waals surface area contributed by atoms with E-state index in [4.69, 9.17) is 11.6 Å². The molecule has 0 aromatic carbocycles. The minimum absolute atomic E-state index is 0.574. The standard InChI is InChI=1S/C11H10ClN5S3/c1-6-8(4-17(2)16-6)9-14-15-11(20-9)18-5-7-3-13-10(12)19-7/h3-4H,5H2,1-2H3. The maximum atomic E-state index is 5.81. The van der Waals surface area contributed by atoms with E-state index in [9.17, 15) is 0 Å². The first kappa shape index (κ1) is 14.0. The lowest BCUT2D eigenvalue weighted by Gasteiger charge is -1.91. The Bertz CT molecular complexity index is 732. The zero-order chi connectivity index (χ0) is 14.1. The van der Waals surface area contributed by atoms with Crippen LogP contribution in [-0.2, 0) is 12.8 Å². The van der Waals surface area contributed by atoms with Crippen LogP contribution in [0.2, 0.25) is 4.47 Å². The largest absolute Gasteiger partial charge is 0.275 e. The topological polar surface area (TPSA) is 56.5 Å². The third kappa shape index (κ3) is 3.03. The smallest absolute Gasteiger partial charge is 0.183 e. The molecule has 0 saturated heterocycles. The lowest BCUT2D eigenvalue weighted by Crippen LogP contribution is -1.86. The Balaban J connectivity index is 1.72. The predicted octanol–water partition coefficient (Wildman–Crippen LogP) is 3.65. The van der Waals surface area contributed by atoms with Crippen LogP contribution in [0, 0.1) is 6.92 Å². The van der Waals surface area contributed by atoms with Crippen molar-refractivity contribution < 1.29 is 0 Å². The van der Waals surface area contributed by atoms with Crippen molar-refractivity contribution in [2.75, 3.05) is 0 Å². The van der Waals surface area contributed by atoms with E-state index >= 15 is 0 Å². The van der Waals surface area contributed by atoms with E-state index < -0.39 is 0 Å². The molecule has 0 saturated carbocycles. The summed E-state index contributed by atoms with van der Waals surface area (Å²) >= 11 is 10.5. The molecule has 0 fully saturated rings. The number of hydrogen-bond donors (Lipinski definition) is 0. The van der Waals surface area contributed by atoms with Crippen molar-refractivity contribution in [3.8, 4) is 10.6 Å². The van der Waals surface area contributed by atoms with Crippen molar-refractivity contribution in [3.63, 3.8) is 0 Å². The summed E-state index contributed by atoms with van der Waals surface area (Å²) in [4.78, 5) is 5.16. The molecular weight excluding hydrogens is 334 g/mol. The molecule has 20 heavy (non-hydrogen) atoms. The van der Waals surface area contributed by atoms with Crippen molar-refractivity contribution in [2.45, 2.75) is 17.0 Å². The van der Waals surface area contributed by atoms with Gasteiger partial charge < -0.3 is 0 Å². The Morgan fingerprint density at radius 1 is 1.35 bits per heavy atom. The van der Waals surface area contributed by atoms with Crippen LogP contribution >= 0.6 is 46.0 Å². The first-order chi connectivity index (χ1) is 9.61. The summed E-state index contributed by atoms with van der Waals surface area (Å²) in [5.41, 5.74) is 2.01. The van der Waals surface area contributed by atoms with Gasteiger partial charge in [0.25, 0.3) is 0 Å². The molecule has 0 unspecified atom stereocenters. The van der Waals surface area contributed by atoms with Crippen LogP contribution in [0.5, 0.6) is 0 Å². The van der Waals surface area contributed by atoms with Crippen LogP contribution in [0.25, 0.3) is 10.6 Å². The zero-order valence-electron chi connectivity index (χ0n) is 10.7. The highest BCUT2D eigenvalue weighted by Gasteiger charge is 2.12. The summed E-state index contributed by atoms with van der Waals surface area (Å²) in [5, 5.41) is 13.7. The van der Waals surface area contributed by atoms with E-state index in [1.165, 1.54) is 11.3 Å². The van der Waals surface area contributed by atoms with E-state index in [0.717, 1.165) is 31.2 Å². The van der Waals surface area contributed by atoms with Crippen LogP contribution in [0.4, 0.5) is 0 Å². The number of aryl methyl sites for hydroxylation is 2. The van der Waals surface area contributed by atoms with Gasteiger partial charge in [-0.25, -0.2) is 4.98 Å². The van der Waals surface area contributed by atoms with Gasteiger partial charge in [-0.2, -0.15) is 5.10 Å². The third-order valence-electron chi connectivity index (χ3n) is 2.51. The Labute approximate surface area is 133 Å². The Hall–Kier alpha value is -0.960. The summed E-state index contributed by atoms with van der Waals surface area (Å²) in [7, 11) is 1.90. The fourth-order valence-corrected chi connectivity index (χ4v) is 4.58. The molecule has 0 atom stereocenters. The lowest BCUT2D eigenvalue weighted by molar-refractivity contribution is 0.756. The maximum Gasteiger partial charge on any atom is 0.183 e. The summed E-state index contributed by atoms with van der Waals surface area (Å²) in [6, 6.07) is 0. The van der Waals surface area contributed by atoms with Gasteiger partial charge in [0, 0.05) is 30.1 Å². The molecule has 104 valence electrons. The minimum atomic E-state index is 0.574. The van der Waals surface area contributed by atoms with Crippen LogP contribution < -0.4 is 0 Å². The monoisotopic (exact) mass is 343 g/mol. The average Bonchev–Trinajstić information content (AvgIpc) is 3.08. The first-order valence-electron chi connectivity index (χ1n) is 5.69.